The van der Waals surface area contributed by atoms with Crippen LogP contribution in [-0.4, -0.2) is 31.6 Å². The monoisotopic (exact) mass is 200 g/mol. The summed E-state index contributed by atoms with van der Waals surface area (Å²) in [4.78, 5) is 22.1. The lowest BCUT2D eigenvalue weighted by Crippen LogP contribution is -2.45. The summed E-state index contributed by atoms with van der Waals surface area (Å²) in [5, 5.41) is 2.55. The molecule has 0 unspecified atom stereocenters. The van der Waals surface area contributed by atoms with Gasteiger partial charge in [0, 0.05) is 7.11 Å². The van der Waals surface area contributed by atoms with Gasteiger partial charge in [0.1, 0.15) is 12.6 Å². The van der Waals surface area contributed by atoms with E-state index in [0.717, 1.165) is 12.8 Å². The molecular weight excluding hydrogens is 184 g/mol. The van der Waals surface area contributed by atoms with Crippen molar-refractivity contribution in [3.63, 3.8) is 0 Å². The summed E-state index contributed by atoms with van der Waals surface area (Å²) >= 11 is 0. The van der Waals surface area contributed by atoms with Gasteiger partial charge in [0.05, 0.1) is 0 Å². The van der Waals surface area contributed by atoms with Gasteiger partial charge in [0.2, 0.25) is 11.8 Å². The van der Waals surface area contributed by atoms with Crippen molar-refractivity contribution in [2.45, 2.75) is 25.3 Å². The first-order valence-corrected chi connectivity index (χ1v) is 4.71. The Morgan fingerprint density at radius 3 is 2.64 bits per heavy atom. The highest BCUT2D eigenvalue weighted by molar-refractivity contribution is 5.87. The van der Waals surface area contributed by atoms with E-state index < -0.39 is 11.9 Å². The van der Waals surface area contributed by atoms with Gasteiger partial charge < -0.3 is 15.8 Å². The Kier molecular flexibility index (Phi) is 3.88. The van der Waals surface area contributed by atoms with E-state index in [1.807, 2.05) is 0 Å². The zero-order valence-electron chi connectivity index (χ0n) is 8.29. The summed E-state index contributed by atoms with van der Waals surface area (Å²) in [5.41, 5.74) is 5.16. The molecule has 1 fully saturated rings. The molecule has 14 heavy (non-hydrogen) atoms. The van der Waals surface area contributed by atoms with Crippen LogP contribution >= 0.6 is 0 Å². The molecule has 0 radical (unpaired) electrons. The Balaban J connectivity index is 2.33. The fourth-order valence-corrected chi connectivity index (χ4v) is 1.30. The van der Waals surface area contributed by atoms with Gasteiger partial charge >= 0.3 is 0 Å². The van der Waals surface area contributed by atoms with E-state index in [1.165, 1.54) is 7.11 Å². The molecule has 0 heterocycles. The molecular formula is C9H16N2O3. The van der Waals surface area contributed by atoms with Crippen molar-refractivity contribution in [1.82, 2.24) is 5.32 Å². The van der Waals surface area contributed by atoms with Crippen molar-refractivity contribution in [1.29, 1.82) is 0 Å². The van der Waals surface area contributed by atoms with Crippen LogP contribution in [0.25, 0.3) is 0 Å². The third-order valence-electron chi connectivity index (χ3n) is 2.22. The zero-order valence-corrected chi connectivity index (χ0v) is 8.29. The Hall–Kier alpha value is -1.10. The number of hydrogen-bond acceptors (Lipinski definition) is 3. The Labute approximate surface area is 83.0 Å². The highest BCUT2D eigenvalue weighted by Crippen LogP contribution is 2.33. The molecule has 1 saturated carbocycles. The smallest absolute Gasteiger partial charge is 0.246 e. The molecule has 5 nitrogen and oxygen atoms in total. The summed E-state index contributed by atoms with van der Waals surface area (Å²) in [7, 11) is 1.43. The van der Waals surface area contributed by atoms with Crippen LogP contribution in [0.3, 0.4) is 0 Å². The molecule has 0 aromatic rings. The number of nitrogens with one attached hydrogen (secondary N) is 1. The van der Waals surface area contributed by atoms with Gasteiger partial charge in [-0.3, -0.25) is 9.59 Å². The van der Waals surface area contributed by atoms with Crippen LogP contribution in [-0.2, 0) is 14.3 Å². The summed E-state index contributed by atoms with van der Waals surface area (Å²) in [6.45, 7) is -0.0333. The van der Waals surface area contributed by atoms with Crippen LogP contribution in [0.15, 0.2) is 0 Å². The number of primary amides is 1. The normalized spacial score (nSPS) is 17.5. The molecule has 1 rings (SSSR count). The van der Waals surface area contributed by atoms with E-state index in [9.17, 15) is 9.59 Å². The predicted octanol–water partition coefficient (Wildman–Crippen LogP) is -0.597. The lowest BCUT2D eigenvalue weighted by molar-refractivity contribution is -0.129. The maximum absolute atomic E-state index is 11.1. The molecule has 80 valence electrons. The largest absolute Gasteiger partial charge is 0.375 e. The lowest BCUT2D eigenvalue weighted by atomic mass is 10.1. The molecule has 0 aromatic heterocycles. The van der Waals surface area contributed by atoms with E-state index in [-0.39, 0.29) is 12.5 Å². The van der Waals surface area contributed by atoms with Gasteiger partial charge in [-0.2, -0.15) is 0 Å². The lowest BCUT2D eigenvalue weighted by Gasteiger charge is -2.14. The summed E-state index contributed by atoms with van der Waals surface area (Å²) in [6.07, 6.45) is 2.92. The Morgan fingerprint density at radius 2 is 2.21 bits per heavy atom. The van der Waals surface area contributed by atoms with Gasteiger partial charge in [-0.15, -0.1) is 0 Å². The molecule has 0 saturated heterocycles. The minimum absolute atomic E-state index is 0.0333. The molecule has 1 atom stereocenters. The fraction of sp³-hybridized carbons (Fsp3) is 0.778. The number of carbonyl (C=O) groups is 2. The second-order valence-electron chi connectivity index (χ2n) is 3.63. The second-order valence-corrected chi connectivity index (χ2v) is 3.63. The van der Waals surface area contributed by atoms with Gasteiger partial charge in [-0.25, -0.2) is 0 Å². The first-order valence-electron chi connectivity index (χ1n) is 4.71. The topological polar surface area (TPSA) is 81.4 Å². The van der Waals surface area contributed by atoms with E-state index in [1.54, 1.807) is 0 Å². The minimum atomic E-state index is -0.537. The molecule has 0 aliphatic heterocycles. The maximum atomic E-state index is 11.1. The van der Waals surface area contributed by atoms with Gasteiger partial charge in [-0.1, -0.05) is 12.8 Å². The number of ether oxygens (including phenoxy) is 1. The third kappa shape index (κ3) is 3.74. The van der Waals surface area contributed by atoms with E-state index in [0.29, 0.717) is 12.3 Å². The standard InChI is InChI=1S/C9H16N2O3/c1-14-5-8(12)11-7(9(10)13)4-6-2-3-6/h6-7H,2-5H2,1H3,(H2,10,13)(H,11,12)/t7-/m0/s1. The van der Waals surface area contributed by atoms with Crippen LogP contribution in [0.1, 0.15) is 19.3 Å². The van der Waals surface area contributed by atoms with Crippen molar-refractivity contribution in [3.05, 3.63) is 0 Å². The van der Waals surface area contributed by atoms with Gasteiger partial charge in [0.15, 0.2) is 0 Å². The number of carbonyl (C=O) groups excluding carboxylic acids is 2. The zero-order chi connectivity index (χ0) is 10.6. The van der Waals surface area contributed by atoms with Crippen molar-refractivity contribution < 1.29 is 14.3 Å². The molecule has 2 amide bonds. The molecule has 1 aliphatic rings. The van der Waals surface area contributed by atoms with Crippen LogP contribution in [0.4, 0.5) is 0 Å². The van der Waals surface area contributed by atoms with Gasteiger partial charge in [-0.05, 0) is 12.3 Å². The molecule has 0 aromatic carbocycles. The molecule has 0 bridgehead atoms. The predicted molar refractivity (Wildman–Crippen MR) is 50.3 cm³/mol. The number of nitrogens with two attached hydrogens (primary N) is 1. The molecule has 3 N–H and O–H groups in total. The minimum Gasteiger partial charge on any atom is -0.375 e. The number of amides is 2. The highest BCUT2D eigenvalue weighted by atomic mass is 16.5. The molecule has 5 heteroatoms. The quantitative estimate of drug-likeness (QED) is 0.601. The summed E-state index contributed by atoms with van der Waals surface area (Å²) in [5.74, 6) is -0.214. The van der Waals surface area contributed by atoms with E-state index in [2.05, 4.69) is 10.1 Å². The second kappa shape index (κ2) is 4.95. The maximum Gasteiger partial charge on any atom is 0.246 e. The van der Waals surface area contributed by atoms with E-state index in [4.69, 9.17) is 5.73 Å². The van der Waals surface area contributed by atoms with Crippen LogP contribution < -0.4 is 11.1 Å². The Bertz CT molecular complexity index is 226. The summed E-state index contributed by atoms with van der Waals surface area (Å²) < 4.78 is 4.64. The average Bonchev–Trinajstić information content (AvgIpc) is 2.87. The van der Waals surface area contributed by atoms with Crippen LogP contribution in [0.5, 0.6) is 0 Å². The number of hydrogen-bond donors (Lipinski definition) is 2. The van der Waals surface area contributed by atoms with Crippen molar-refractivity contribution >= 4 is 11.8 Å². The first-order chi connectivity index (χ1) is 6.63. The van der Waals surface area contributed by atoms with Gasteiger partial charge in [0.25, 0.3) is 0 Å². The van der Waals surface area contributed by atoms with Crippen molar-refractivity contribution in [2.24, 2.45) is 11.7 Å². The first kappa shape index (κ1) is 11.0. The van der Waals surface area contributed by atoms with Crippen LogP contribution in [0, 0.1) is 5.92 Å². The third-order valence-corrected chi connectivity index (χ3v) is 2.22. The van der Waals surface area contributed by atoms with Crippen LogP contribution in [0.2, 0.25) is 0 Å². The fourth-order valence-electron chi connectivity index (χ4n) is 1.30. The average molecular weight is 200 g/mol. The SMILES string of the molecule is COCC(=O)N[C@@H](CC1CC1)C(N)=O. The summed E-state index contributed by atoms with van der Waals surface area (Å²) in [6, 6.07) is -0.537. The number of rotatable bonds is 6. The molecule has 0 spiro atoms. The Morgan fingerprint density at radius 1 is 1.57 bits per heavy atom. The van der Waals surface area contributed by atoms with E-state index >= 15 is 0 Å². The molecule has 1 aliphatic carbocycles. The van der Waals surface area contributed by atoms with Crippen molar-refractivity contribution in [2.75, 3.05) is 13.7 Å². The van der Waals surface area contributed by atoms with Crippen molar-refractivity contribution in [3.8, 4) is 0 Å². The highest BCUT2D eigenvalue weighted by Gasteiger charge is 2.28. The number of methoxy groups -OCH3 is 1.